The Kier molecular flexibility index (Phi) is 7.51. The van der Waals surface area contributed by atoms with Gasteiger partial charge in [0.05, 0.1) is 16.6 Å². The first-order chi connectivity index (χ1) is 19.9. The van der Waals surface area contributed by atoms with Crippen LogP contribution in [0.2, 0.25) is 0 Å². The maximum atomic E-state index is 13.7. The Labute approximate surface area is 238 Å². The fourth-order valence-corrected chi connectivity index (χ4v) is 4.53. The van der Waals surface area contributed by atoms with Gasteiger partial charge < -0.3 is 15.7 Å². The number of rotatable bonds is 6. The minimum absolute atomic E-state index is 0.0143. The van der Waals surface area contributed by atoms with Crippen LogP contribution in [0.15, 0.2) is 73.1 Å². The molecule has 2 aromatic heterocycles. The third kappa shape index (κ3) is 5.85. The van der Waals surface area contributed by atoms with E-state index in [0.29, 0.717) is 44.7 Å². The molecule has 3 aromatic carbocycles. The molecule has 0 radical (unpaired) electrons. The van der Waals surface area contributed by atoms with Crippen molar-refractivity contribution < 1.29 is 27.5 Å². The van der Waals surface area contributed by atoms with Crippen LogP contribution in [0.3, 0.4) is 0 Å². The van der Waals surface area contributed by atoms with Gasteiger partial charge in [0, 0.05) is 46.2 Å². The molecule has 5 aromatic rings. The number of halogens is 4. The van der Waals surface area contributed by atoms with Gasteiger partial charge in [0.1, 0.15) is 5.75 Å². The summed E-state index contributed by atoms with van der Waals surface area (Å²) >= 11 is 0. The Morgan fingerprint density at radius 2 is 1.74 bits per heavy atom. The Morgan fingerprint density at radius 3 is 2.43 bits per heavy atom. The summed E-state index contributed by atoms with van der Waals surface area (Å²) in [7, 11) is 0. The van der Waals surface area contributed by atoms with Gasteiger partial charge in [-0.05, 0) is 80.4 Å². The summed E-state index contributed by atoms with van der Waals surface area (Å²) in [5.74, 6) is -1.16. The summed E-state index contributed by atoms with van der Waals surface area (Å²) in [6.45, 7) is 5.65. The highest BCUT2D eigenvalue weighted by molar-refractivity contribution is 6.06. The second-order valence-corrected chi connectivity index (χ2v) is 10.0. The Balaban J connectivity index is 1.62. The maximum absolute atomic E-state index is 13.7. The number of anilines is 2. The van der Waals surface area contributed by atoms with Crippen molar-refractivity contribution in [1.29, 1.82) is 0 Å². The van der Waals surface area contributed by atoms with Gasteiger partial charge >= 0.3 is 6.18 Å². The van der Waals surface area contributed by atoms with Crippen LogP contribution in [0.1, 0.15) is 35.3 Å². The normalized spacial score (nSPS) is 11.6. The van der Waals surface area contributed by atoms with Gasteiger partial charge in [-0.25, -0.2) is 15.0 Å². The number of pyridine rings is 1. The Hall–Kier alpha value is -5.06. The van der Waals surface area contributed by atoms with Gasteiger partial charge in [0.25, 0.3) is 5.91 Å². The number of phenols is 1. The summed E-state index contributed by atoms with van der Waals surface area (Å²) in [5.41, 5.74) is 1.91. The minimum atomic E-state index is -4.56. The Bertz CT molecular complexity index is 1800. The second-order valence-electron chi connectivity index (χ2n) is 10.0. The van der Waals surface area contributed by atoms with Crippen molar-refractivity contribution in [2.24, 2.45) is 0 Å². The topological polar surface area (TPSA) is 100 Å². The molecule has 7 nitrogen and oxygen atoms in total. The van der Waals surface area contributed by atoms with Crippen molar-refractivity contribution in [3.8, 4) is 28.0 Å². The molecule has 0 saturated carbocycles. The highest BCUT2D eigenvalue weighted by Crippen LogP contribution is 2.44. The van der Waals surface area contributed by atoms with Crippen LogP contribution in [-0.4, -0.2) is 32.0 Å². The molecule has 42 heavy (non-hydrogen) atoms. The van der Waals surface area contributed by atoms with E-state index in [9.17, 15) is 27.5 Å². The number of amides is 1. The van der Waals surface area contributed by atoms with Crippen LogP contribution in [-0.2, 0) is 6.18 Å². The minimum Gasteiger partial charge on any atom is -0.507 e. The number of benzene rings is 3. The van der Waals surface area contributed by atoms with E-state index in [2.05, 4.69) is 25.6 Å². The number of nitrogens with one attached hydrogen (secondary N) is 2. The molecular formula is C31H25F4N5O2. The number of alkyl halides is 3. The summed E-state index contributed by atoms with van der Waals surface area (Å²) in [4.78, 5) is 25.8. The number of fused-ring (bicyclic) bond motifs is 1. The van der Waals surface area contributed by atoms with E-state index >= 15 is 0 Å². The molecule has 0 spiro atoms. The summed E-state index contributed by atoms with van der Waals surface area (Å²) in [5, 5.41) is 17.8. The number of phenolic OH excluding ortho intramolecular Hbond substituents is 1. The summed E-state index contributed by atoms with van der Waals surface area (Å²) in [6, 6.07) is 13.5. The average molecular weight is 576 g/mol. The van der Waals surface area contributed by atoms with E-state index in [1.165, 1.54) is 36.5 Å². The van der Waals surface area contributed by atoms with Crippen LogP contribution in [0.5, 0.6) is 5.75 Å². The summed E-state index contributed by atoms with van der Waals surface area (Å²) in [6.07, 6.45) is -1.68. The molecule has 0 unspecified atom stereocenters. The van der Waals surface area contributed by atoms with Crippen molar-refractivity contribution in [3.05, 3.63) is 95.7 Å². The molecular weight excluding hydrogens is 550 g/mol. The fourth-order valence-electron chi connectivity index (χ4n) is 4.53. The van der Waals surface area contributed by atoms with Crippen molar-refractivity contribution in [2.45, 2.75) is 33.0 Å². The average Bonchev–Trinajstić information content (AvgIpc) is 2.93. The third-order valence-electron chi connectivity index (χ3n) is 6.52. The fraction of sp³-hybridized carbons (Fsp3) is 0.161. The molecule has 0 saturated heterocycles. The molecule has 214 valence electrons. The molecule has 11 heteroatoms. The number of hydrogen-bond donors (Lipinski definition) is 3. The number of carbonyl (C=O) groups is 1. The van der Waals surface area contributed by atoms with Gasteiger partial charge in [-0.3, -0.25) is 4.79 Å². The molecule has 0 atom stereocenters. The van der Waals surface area contributed by atoms with Crippen molar-refractivity contribution in [3.63, 3.8) is 0 Å². The highest BCUT2D eigenvalue weighted by atomic mass is 19.4. The van der Waals surface area contributed by atoms with Crippen LogP contribution in [0.25, 0.3) is 33.2 Å². The molecule has 5 rings (SSSR count). The number of nitrogens with zero attached hydrogens (tertiary/aromatic N) is 3. The van der Waals surface area contributed by atoms with E-state index in [1.807, 2.05) is 13.8 Å². The molecule has 2 heterocycles. The highest BCUT2D eigenvalue weighted by Gasteiger charge is 2.30. The van der Waals surface area contributed by atoms with Crippen molar-refractivity contribution in [2.75, 3.05) is 10.6 Å². The first-order valence-corrected chi connectivity index (χ1v) is 12.9. The maximum Gasteiger partial charge on any atom is 0.416 e. The standard InChI is InChI=1S/C31H25F4N5O2/c1-16(2)38-30-37-15-20-12-24(28(41)26(27(20)40-30)19-9-10-25(32)36-14-19)23-11-18(8-7-17(23)3)29(42)39-22-6-4-5-21(13-22)31(33,34)35/h4-16,41H,1-3H3,(H,39,42)(H,37,38,40). The first kappa shape index (κ1) is 28.5. The smallest absolute Gasteiger partial charge is 0.416 e. The van der Waals surface area contributed by atoms with E-state index in [-0.39, 0.29) is 23.0 Å². The van der Waals surface area contributed by atoms with E-state index in [0.717, 1.165) is 12.1 Å². The molecule has 0 fully saturated rings. The van der Waals surface area contributed by atoms with Crippen molar-refractivity contribution >= 4 is 28.4 Å². The van der Waals surface area contributed by atoms with Gasteiger partial charge in [-0.15, -0.1) is 0 Å². The Morgan fingerprint density at radius 1 is 0.952 bits per heavy atom. The second kappa shape index (κ2) is 11.1. The molecule has 1 amide bonds. The molecule has 0 bridgehead atoms. The number of aromatic nitrogens is 3. The van der Waals surface area contributed by atoms with E-state index < -0.39 is 23.6 Å². The zero-order valence-corrected chi connectivity index (χ0v) is 22.7. The molecule has 3 N–H and O–H groups in total. The molecule has 0 aliphatic carbocycles. The van der Waals surface area contributed by atoms with E-state index in [4.69, 9.17) is 0 Å². The van der Waals surface area contributed by atoms with Crippen LogP contribution in [0.4, 0.5) is 29.2 Å². The lowest BCUT2D eigenvalue weighted by atomic mass is 9.92. The lowest BCUT2D eigenvalue weighted by Gasteiger charge is -2.17. The zero-order valence-electron chi connectivity index (χ0n) is 22.7. The van der Waals surface area contributed by atoms with Crippen LogP contribution < -0.4 is 10.6 Å². The third-order valence-corrected chi connectivity index (χ3v) is 6.52. The van der Waals surface area contributed by atoms with Gasteiger partial charge in [0.2, 0.25) is 11.9 Å². The zero-order chi connectivity index (χ0) is 30.2. The lowest BCUT2D eigenvalue weighted by Crippen LogP contribution is -2.13. The van der Waals surface area contributed by atoms with Gasteiger partial charge in [-0.2, -0.15) is 17.6 Å². The number of carbonyl (C=O) groups excluding carboxylic acids is 1. The lowest BCUT2D eigenvalue weighted by molar-refractivity contribution is -0.137. The number of aryl methyl sites for hydroxylation is 1. The van der Waals surface area contributed by atoms with Crippen molar-refractivity contribution in [1.82, 2.24) is 15.0 Å². The SMILES string of the molecule is Cc1ccc(C(=O)Nc2cccc(C(F)(F)F)c2)cc1-c1cc2cnc(NC(C)C)nc2c(-c2ccc(F)nc2)c1O. The predicted octanol–water partition coefficient (Wildman–Crippen LogP) is 7.60. The predicted molar refractivity (Wildman–Crippen MR) is 153 cm³/mol. The van der Waals surface area contributed by atoms with Crippen LogP contribution in [0, 0.1) is 12.9 Å². The number of hydrogen-bond acceptors (Lipinski definition) is 6. The number of aromatic hydroxyl groups is 1. The molecule has 0 aliphatic rings. The monoisotopic (exact) mass is 575 g/mol. The summed E-state index contributed by atoms with van der Waals surface area (Å²) < 4.78 is 53.1. The molecule has 0 aliphatic heterocycles. The van der Waals surface area contributed by atoms with Gasteiger partial charge in [0.15, 0.2) is 0 Å². The van der Waals surface area contributed by atoms with Crippen LogP contribution >= 0.6 is 0 Å². The quantitative estimate of drug-likeness (QED) is 0.142. The van der Waals surface area contributed by atoms with Gasteiger partial charge in [-0.1, -0.05) is 12.1 Å². The largest absolute Gasteiger partial charge is 0.507 e. The van der Waals surface area contributed by atoms with E-state index in [1.54, 1.807) is 31.3 Å². The first-order valence-electron chi connectivity index (χ1n) is 12.9.